The Morgan fingerprint density at radius 1 is 1.41 bits per heavy atom. The van der Waals surface area contributed by atoms with Gasteiger partial charge in [-0.1, -0.05) is 31.5 Å². The van der Waals surface area contributed by atoms with Crippen molar-refractivity contribution in [2.45, 2.75) is 32.7 Å². The molecule has 90 valence electrons. The van der Waals surface area contributed by atoms with E-state index in [2.05, 4.69) is 24.0 Å². The van der Waals surface area contributed by atoms with Crippen LogP contribution in [0.4, 0.5) is 0 Å². The first kappa shape index (κ1) is 12.1. The highest BCUT2D eigenvalue weighted by molar-refractivity contribution is 5.37. The number of nitriles is 1. The number of hydrogen-bond acceptors (Lipinski definition) is 2. The van der Waals surface area contributed by atoms with Gasteiger partial charge in [0.25, 0.3) is 0 Å². The molecule has 0 aliphatic carbocycles. The summed E-state index contributed by atoms with van der Waals surface area (Å²) in [6.45, 7) is 5.57. The molecule has 2 heteroatoms. The average molecular weight is 228 g/mol. The van der Waals surface area contributed by atoms with E-state index in [1.165, 1.54) is 37.9 Å². The Morgan fingerprint density at radius 3 is 3.00 bits per heavy atom. The second-order valence-electron chi connectivity index (χ2n) is 4.92. The number of piperidine rings is 1. The molecule has 0 bridgehead atoms. The molecule has 1 saturated heterocycles. The lowest BCUT2D eigenvalue weighted by atomic mass is 9.95. The van der Waals surface area contributed by atoms with Crippen molar-refractivity contribution in [1.82, 2.24) is 4.90 Å². The molecular formula is C15H20N2. The van der Waals surface area contributed by atoms with Crippen LogP contribution in [0.15, 0.2) is 24.3 Å². The molecular weight excluding hydrogens is 208 g/mol. The fourth-order valence-corrected chi connectivity index (χ4v) is 2.64. The summed E-state index contributed by atoms with van der Waals surface area (Å²) in [5.74, 6) is 0.845. The van der Waals surface area contributed by atoms with Crippen LogP contribution < -0.4 is 0 Å². The summed E-state index contributed by atoms with van der Waals surface area (Å²) in [5, 5.41) is 9.08. The van der Waals surface area contributed by atoms with Crippen LogP contribution in [-0.2, 0) is 6.54 Å². The van der Waals surface area contributed by atoms with E-state index >= 15 is 0 Å². The second-order valence-corrected chi connectivity index (χ2v) is 4.92. The van der Waals surface area contributed by atoms with Crippen LogP contribution in [0, 0.1) is 17.2 Å². The molecule has 17 heavy (non-hydrogen) atoms. The number of nitrogens with zero attached hydrogens (tertiary/aromatic N) is 2. The standard InChI is InChI=1S/C15H20N2/c1-2-13-6-5-9-17(11-13)12-15-8-4-3-7-14(15)10-16/h3-4,7-8,13H,2,5-6,9,11-12H2,1H3. The van der Waals surface area contributed by atoms with Gasteiger partial charge in [0.2, 0.25) is 0 Å². The molecule has 1 unspecified atom stereocenters. The Labute approximate surface area is 104 Å². The van der Waals surface area contributed by atoms with Crippen molar-refractivity contribution in [1.29, 1.82) is 5.26 Å². The zero-order chi connectivity index (χ0) is 12.1. The van der Waals surface area contributed by atoms with Gasteiger partial charge in [-0.2, -0.15) is 5.26 Å². The van der Waals surface area contributed by atoms with Crippen LogP contribution in [-0.4, -0.2) is 18.0 Å². The van der Waals surface area contributed by atoms with E-state index in [9.17, 15) is 0 Å². The molecule has 1 heterocycles. The van der Waals surface area contributed by atoms with Gasteiger partial charge in [0.05, 0.1) is 11.6 Å². The third-order valence-electron chi connectivity index (χ3n) is 3.71. The second kappa shape index (κ2) is 5.84. The predicted octanol–water partition coefficient (Wildman–Crippen LogP) is 3.18. The zero-order valence-corrected chi connectivity index (χ0v) is 10.5. The van der Waals surface area contributed by atoms with E-state index in [-0.39, 0.29) is 0 Å². The minimum absolute atomic E-state index is 0.825. The van der Waals surface area contributed by atoms with Crippen LogP contribution in [0.3, 0.4) is 0 Å². The Hall–Kier alpha value is -1.33. The smallest absolute Gasteiger partial charge is 0.0995 e. The van der Waals surface area contributed by atoms with Gasteiger partial charge in [0.15, 0.2) is 0 Å². The summed E-state index contributed by atoms with van der Waals surface area (Å²) in [4.78, 5) is 2.49. The molecule has 1 aliphatic rings. The van der Waals surface area contributed by atoms with E-state index in [0.29, 0.717) is 0 Å². The average Bonchev–Trinajstić information content (AvgIpc) is 2.39. The number of hydrogen-bond donors (Lipinski definition) is 0. The summed E-state index contributed by atoms with van der Waals surface area (Å²) in [7, 11) is 0. The molecule has 1 aromatic rings. The maximum Gasteiger partial charge on any atom is 0.0995 e. The first-order valence-corrected chi connectivity index (χ1v) is 6.54. The fourth-order valence-electron chi connectivity index (χ4n) is 2.64. The lowest BCUT2D eigenvalue weighted by molar-refractivity contribution is 0.164. The molecule has 0 saturated carbocycles. The highest BCUT2D eigenvalue weighted by Crippen LogP contribution is 2.21. The van der Waals surface area contributed by atoms with E-state index in [4.69, 9.17) is 5.26 Å². The van der Waals surface area contributed by atoms with E-state index in [0.717, 1.165) is 18.0 Å². The molecule has 2 nitrogen and oxygen atoms in total. The minimum Gasteiger partial charge on any atom is -0.299 e. The van der Waals surface area contributed by atoms with Crippen LogP contribution >= 0.6 is 0 Å². The largest absolute Gasteiger partial charge is 0.299 e. The Bertz CT molecular complexity index is 406. The van der Waals surface area contributed by atoms with Gasteiger partial charge >= 0.3 is 0 Å². The summed E-state index contributed by atoms with van der Waals surface area (Å²) >= 11 is 0. The van der Waals surface area contributed by atoms with E-state index < -0.39 is 0 Å². The van der Waals surface area contributed by atoms with Crippen molar-refractivity contribution in [3.8, 4) is 6.07 Å². The predicted molar refractivity (Wildman–Crippen MR) is 69.4 cm³/mol. The number of rotatable bonds is 3. The van der Waals surface area contributed by atoms with Gasteiger partial charge in [-0.15, -0.1) is 0 Å². The Kier molecular flexibility index (Phi) is 4.17. The first-order chi connectivity index (χ1) is 8.33. The van der Waals surface area contributed by atoms with Crippen LogP contribution in [0.2, 0.25) is 0 Å². The maximum atomic E-state index is 9.08. The van der Waals surface area contributed by atoms with Gasteiger partial charge in [0.1, 0.15) is 0 Å². The van der Waals surface area contributed by atoms with Crippen molar-refractivity contribution in [3.05, 3.63) is 35.4 Å². The molecule has 1 atom stereocenters. The third kappa shape index (κ3) is 3.08. The summed E-state index contributed by atoms with van der Waals surface area (Å²) < 4.78 is 0. The first-order valence-electron chi connectivity index (χ1n) is 6.54. The van der Waals surface area contributed by atoms with Crippen LogP contribution in [0.25, 0.3) is 0 Å². The van der Waals surface area contributed by atoms with Gasteiger partial charge in [0, 0.05) is 13.1 Å². The molecule has 0 radical (unpaired) electrons. The van der Waals surface area contributed by atoms with Crippen LogP contribution in [0.1, 0.15) is 37.3 Å². The normalized spacial score (nSPS) is 21.1. The SMILES string of the molecule is CCC1CCCN(Cc2ccccc2C#N)C1. The lowest BCUT2D eigenvalue weighted by Gasteiger charge is -2.32. The van der Waals surface area contributed by atoms with Crippen molar-refractivity contribution in [2.75, 3.05) is 13.1 Å². The van der Waals surface area contributed by atoms with Gasteiger partial charge in [-0.3, -0.25) is 4.90 Å². The van der Waals surface area contributed by atoms with Crippen molar-refractivity contribution < 1.29 is 0 Å². The molecule has 0 aromatic heterocycles. The molecule has 2 rings (SSSR count). The monoisotopic (exact) mass is 228 g/mol. The molecule has 0 amide bonds. The molecule has 0 N–H and O–H groups in total. The molecule has 1 fully saturated rings. The number of benzene rings is 1. The fraction of sp³-hybridized carbons (Fsp3) is 0.533. The van der Waals surface area contributed by atoms with E-state index in [1.54, 1.807) is 0 Å². The number of likely N-dealkylation sites (tertiary alicyclic amines) is 1. The van der Waals surface area contributed by atoms with Crippen molar-refractivity contribution in [3.63, 3.8) is 0 Å². The Morgan fingerprint density at radius 2 is 2.24 bits per heavy atom. The minimum atomic E-state index is 0.825. The highest BCUT2D eigenvalue weighted by atomic mass is 15.1. The van der Waals surface area contributed by atoms with Gasteiger partial charge < -0.3 is 0 Å². The molecule has 1 aliphatic heterocycles. The molecule has 0 spiro atoms. The zero-order valence-electron chi connectivity index (χ0n) is 10.5. The summed E-state index contributed by atoms with van der Waals surface area (Å²) in [5.41, 5.74) is 2.00. The van der Waals surface area contributed by atoms with Crippen LogP contribution in [0.5, 0.6) is 0 Å². The summed E-state index contributed by atoms with van der Waals surface area (Å²) in [6, 6.07) is 10.2. The quantitative estimate of drug-likeness (QED) is 0.794. The Balaban J connectivity index is 2.03. The van der Waals surface area contributed by atoms with Gasteiger partial charge in [-0.25, -0.2) is 0 Å². The highest BCUT2D eigenvalue weighted by Gasteiger charge is 2.18. The lowest BCUT2D eigenvalue weighted by Crippen LogP contribution is -2.34. The topological polar surface area (TPSA) is 27.0 Å². The van der Waals surface area contributed by atoms with Crippen molar-refractivity contribution in [2.24, 2.45) is 5.92 Å². The van der Waals surface area contributed by atoms with E-state index in [1.807, 2.05) is 18.2 Å². The third-order valence-corrected chi connectivity index (χ3v) is 3.71. The summed E-state index contributed by atoms with van der Waals surface area (Å²) in [6.07, 6.45) is 3.94. The van der Waals surface area contributed by atoms with Gasteiger partial charge in [-0.05, 0) is 36.9 Å². The van der Waals surface area contributed by atoms with Crippen molar-refractivity contribution >= 4 is 0 Å². The maximum absolute atomic E-state index is 9.08. The molecule has 1 aromatic carbocycles.